The summed E-state index contributed by atoms with van der Waals surface area (Å²) in [6.45, 7) is 5.28. The lowest BCUT2D eigenvalue weighted by atomic mass is 9.97. The number of ether oxygens (including phenoxy) is 1. The summed E-state index contributed by atoms with van der Waals surface area (Å²) in [6, 6.07) is 6.86. The lowest BCUT2D eigenvalue weighted by Crippen LogP contribution is -2.36. The van der Waals surface area contributed by atoms with Crippen LogP contribution >= 0.6 is 0 Å². The molecule has 1 amide bonds. The number of halogens is 2. The number of fused-ring (bicyclic) bond motifs is 1. The topological polar surface area (TPSA) is 103 Å². The molecule has 4 rings (SSSR count). The number of aryl methyl sites for hydroxylation is 1. The molecule has 3 heterocycles. The van der Waals surface area contributed by atoms with Crippen LogP contribution in [0.4, 0.5) is 14.6 Å². The summed E-state index contributed by atoms with van der Waals surface area (Å²) in [5, 5.41) is 10.8. The molecule has 0 saturated heterocycles. The molecule has 1 aliphatic rings. The highest BCUT2D eigenvalue weighted by Gasteiger charge is 2.30. The molecule has 0 aliphatic heterocycles. The summed E-state index contributed by atoms with van der Waals surface area (Å²) in [5.41, 5.74) is 0.609. The number of nitrogens with zero attached hydrogens (tertiary/aromatic N) is 4. The number of hydrogen-bond acceptors (Lipinski definition) is 6. The van der Waals surface area contributed by atoms with Gasteiger partial charge in [-0.2, -0.15) is 13.9 Å². The predicted molar refractivity (Wildman–Crippen MR) is 130 cm³/mol. The minimum absolute atomic E-state index is 0.0389. The Morgan fingerprint density at radius 1 is 1.22 bits per heavy atom. The Kier molecular flexibility index (Phi) is 7.28. The van der Waals surface area contributed by atoms with Crippen molar-refractivity contribution in [3.8, 4) is 0 Å². The first-order valence-electron chi connectivity index (χ1n) is 12.2. The van der Waals surface area contributed by atoms with Crippen LogP contribution in [0.3, 0.4) is 0 Å². The van der Waals surface area contributed by atoms with Gasteiger partial charge in [-0.15, -0.1) is 0 Å². The minimum atomic E-state index is -3.02. The van der Waals surface area contributed by atoms with E-state index in [1.165, 1.54) is 24.1 Å². The second kappa shape index (κ2) is 10.2. The van der Waals surface area contributed by atoms with Crippen LogP contribution in [0.5, 0.6) is 0 Å². The SMILES string of the molecule is CCn1nc(C(=O)OC)cc1C(=O)NC1CCC(Nc2cccc3nc(C(C)(F)F)cn23)[C@@H](C)CC1. The molecule has 3 atom stereocenters. The summed E-state index contributed by atoms with van der Waals surface area (Å²) >= 11 is 0. The Labute approximate surface area is 208 Å². The quantitative estimate of drug-likeness (QED) is 0.370. The summed E-state index contributed by atoms with van der Waals surface area (Å²) in [4.78, 5) is 28.9. The molecule has 1 saturated carbocycles. The number of esters is 1. The Hall–Kier alpha value is -3.50. The van der Waals surface area contributed by atoms with E-state index in [0.29, 0.717) is 29.6 Å². The number of methoxy groups -OCH3 is 1. The number of carbonyl (C=O) groups excluding carboxylic acids is 2. The average molecular weight is 503 g/mol. The van der Waals surface area contributed by atoms with Crippen LogP contribution in [0.25, 0.3) is 5.65 Å². The van der Waals surface area contributed by atoms with E-state index in [-0.39, 0.29) is 29.4 Å². The number of aromatic nitrogens is 4. The van der Waals surface area contributed by atoms with E-state index in [4.69, 9.17) is 4.74 Å². The predicted octanol–water partition coefficient (Wildman–Crippen LogP) is 4.24. The van der Waals surface area contributed by atoms with Gasteiger partial charge < -0.3 is 15.4 Å². The van der Waals surface area contributed by atoms with Gasteiger partial charge in [0.05, 0.1) is 7.11 Å². The molecule has 9 nitrogen and oxygen atoms in total. The van der Waals surface area contributed by atoms with E-state index in [0.717, 1.165) is 32.6 Å². The number of rotatable bonds is 7. The maximum absolute atomic E-state index is 13.8. The van der Waals surface area contributed by atoms with Crippen molar-refractivity contribution in [1.29, 1.82) is 0 Å². The maximum atomic E-state index is 13.8. The largest absolute Gasteiger partial charge is 0.464 e. The van der Waals surface area contributed by atoms with Crippen LogP contribution in [0.1, 0.15) is 73.1 Å². The summed E-state index contributed by atoms with van der Waals surface area (Å²) in [6.07, 6.45) is 4.59. The third kappa shape index (κ3) is 5.34. The number of anilines is 1. The molecule has 1 aliphatic carbocycles. The van der Waals surface area contributed by atoms with E-state index in [2.05, 4.69) is 27.6 Å². The van der Waals surface area contributed by atoms with E-state index < -0.39 is 11.9 Å². The number of pyridine rings is 1. The smallest absolute Gasteiger partial charge is 0.358 e. The van der Waals surface area contributed by atoms with Gasteiger partial charge >= 0.3 is 5.97 Å². The van der Waals surface area contributed by atoms with Gasteiger partial charge in [0, 0.05) is 37.8 Å². The molecule has 11 heteroatoms. The molecule has 0 radical (unpaired) electrons. The molecule has 36 heavy (non-hydrogen) atoms. The summed E-state index contributed by atoms with van der Waals surface area (Å²) in [5.74, 6) is -2.88. The van der Waals surface area contributed by atoms with Crippen LogP contribution in [0, 0.1) is 5.92 Å². The van der Waals surface area contributed by atoms with Crippen LogP contribution in [0.15, 0.2) is 30.5 Å². The highest BCUT2D eigenvalue weighted by atomic mass is 19.3. The molecule has 0 spiro atoms. The van der Waals surface area contributed by atoms with Gasteiger partial charge in [0.15, 0.2) is 5.69 Å². The molecule has 0 aromatic carbocycles. The van der Waals surface area contributed by atoms with Crippen LogP contribution < -0.4 is 10.6 Å². The fourth-order valence-corrected chi connectivity index (χ4v) is 4.67. The normalized spacial score (nSPS) is 20.7. The fourth-order valence-electron chi connectivity index (χ4n) is 4.67. The Morgan fingerprint density at radius 3 is 2.67 bits per heavy atom. The standard InChI is InChI=1S/C25H32F2N6O3/c1-5-33-19(13-18(31-33)24(35)36-4)23(34)28-16-10-9-15(2)17(12-11-16)29-21-7-6-8-22-30-20(14-32(21)22)25(3,26)27/h6-8,13-17,29H,5,9-12H2,1-4H3,(H,28,34)/t15-,16?,17?/m0/s1. The number of alkyl halides is 2. The van der Waals surface area contributed by atoms with Crippen LogP contribution in [0.2, 0.25) is 0 Å². The van der Waals surface area contributed by atoms with Crippen LogP contribution in [-0.2, 0) is 17.2 Å². The molecule has 2 N–H and O–H groups in total. The summed E-state index contributed by atoms with van der Waals surface area (Å²) in [7, 11) is 1.27. The first-order chi connectivity index (χ1) is 17.1. The van der Waals surface area contributed by atoms with Gasteiger partial charge in [-0.05, 0) is 50.7 Å². The van der Waals surface area contributed by atoms with Gasteiger partial charge in [-0.3, -0.25) is 13.9 Å². The van der Waals surface area contributed by atoms with Gasteiger partial charge in [-0.1, -0.05) is 13.0 Å². The Balaban J connectivity index is 1.44. The van der Waals surface area contributed by atoms with Crippen molar-refractivity contribution in [2.75, 3.05) is 12.4 Å². The number of nitrogens with one attached hydrogen (secondary N) is 2. The van der Waals surface area contributed by atoms with Crippen molar-refractivity contribution in [3.63, 3.8) is 0 Å². The second-order valence-electron chi connectivity index (χ2n) is 9.43. The minimum Gasteiger partial charge on any atom is -0.464 e. The Morgan fingerprint density at radius 2 is 1.97 bits per heavy atom. The second-order valence-corrected chi connectivity index (χ2v) is 9.43. The number of carbonyl (C=O) groups is 2. The molecular formula is C25H32F2N6O3. The fraction of sp³-hybridized carbons (Fsp3) is 0.520. The molecule has 1 fully saturated rings. The van der Waals surface area contributed by atoms with Gasteiger partial charge in [0.2, 0.25) is 0 Å². The first-order valence-corrected chi connectivity index (χ1v) is 12.2. The van der Waals surface area contributed by atoms with Crippen molar-refractivity contribution in [2.24, 2.45) is 5.92 Å². The van der Waals surface area contributed by atoms with E-state index in [1.807, 2.05) is 13.0 Å². The zero-order chi connectivity index (χ0) is 26.0. The number of hydrogen-bond donors (Lipinski definition) is 2. The average Bonchev–Trinajstić information content (AvgIpc) is 3.45. The van der Waals surface area contributed by atoms with Crippen molar-refractivity contribution >= 4 is 23.3 Å². The van der Waals surface area contributed by atoms with E-state index in [9.17, 15) is 18.4 Å². The number of imidazole rings is 1. The molecule has 194 valence electrons. The summed E-state index contributed by atoms with van der Waals surface area (Å²) < 4.78 is 35.5. The first kappa shape index (κ1) is 25.6. The van der Waals surface area contributed by atoms with Crippen molar-refractivity contribution in [1.82, 2.24) is 24.5 Å². The Bertz CT molecular complexity index is 1250. The maximum Gasteiger partial charge on any atom is 0.358 e. The van der Waals surface area contributed by atoms with E-state index >= 15 is 0 Å². The van der Waals surface area contributed by atoms with Crippen LogP contribution in [-0.4, -0.2) is 50.2 Å². The molecule has 3 aromatic rings. The van der Waals surface area contributed by atoms with Crippen molar-refractivity contribution in [2.45, 2.75) is 71.0 Å². The van der Waals surface area contributed by atoms with Crippen molar-refractivity contribution < 1.29 is 23.1 Å². The third-order valence-electron chi connectivity index (χ3n) is 6.80. The van der Waals surface area contributed by atoms with Gasteiger partial charge in [-0.25, -0.2) is 9.78 Å². The molecular weight excluding hydrogens is 470 g/mol. The lowest BCUT2D eigenvalue weighted by Gasteiger charge is -2.24. The number of amides is 1. The van der Waals surface area contributed by atoms with Gasteiger partial charge in [0.1, 0.15) is 22.9 Å². The zero-order valence-electron chi connectivity index (χ0n) is 20.9. The van der Waals surface area contributed by atoms with Gasteiger partial charge in [0.25, 0.3) is 11.8 Å². The highest BCUT2D eigenvalue weighted by Crippen LogP contribution is 2.30. The third-order valence-corrected chi connectivity index (χ3v) is 6.80. The highest BCUT2D eigenvalue weighted by molar-refractivity contribution is 5.96. The molecule has 3 aromatic heterocycles. The van der Waals surface area contributed by atoms with Crippen molar-refractivity contribution in [3.05, 3.63) is 47.5 Å². The molecule has 2 unspecified atom stereocenters. The monoisotopic (exact) mass is 502 g/mol. The zero-order valence-corrected chi connectivity index (χ0v) is 20.9. The lowest BCUT2D eigenvalue weighted by molar-refractivity contribution is 0.0133. The van der Waals surface area contributed by atoms with E-state index in [1.54, 1.807) is 16.5 Å². The molecule has 0 bridgehead atoms.